The van der Waals surface area contributed by atoms with E-state index in [-0.39, 0.29) is 5.91 Å². The van der Waals surface area contributed by atoms with Crippen LogP contribution in [0.5, 0.6) is 0 Å². The lowest BCUT2D eigenvalue weighted by Gasteiger charge is -2.32. The number of aromatic nitrogens is 3. The number of likely N-dealkylation sites (tertiary alicyclic amines) is 1. The van der Waals surface area contributed by atoms with Gasteiger partial charge in [-0.25, -0.2) is 4.98 Å². The molecule has 1 saturated heterocycles. The monoisotopic (exact) mass is 563 g/mol. The zero-order valence-electron chi connectivity index (χ0n) is 20.0. The molecule has 0 spiro atoms. The van der Waals surface area contributed by atoms with Gasteiger partial charge in [0.1, 0.15) is 5.82 Å². The van der Waals surface area contributed by atoms with Gasteiger partial charge in [0, 0.05) is 41.9 Å². The molecular weight excluding hydrogens is 538 g/mol. The normalized spacial score (nSPS) is 14.9. The van der Waals surface area contributed by atoms with Crippen molar-refractivity contribution in [2.45, 2.75) is 19.8 Å². The number of nitrogens with zero attached hydrogens (tertiary/aromatic N) is 4. The molecular formula is C28H27BrClN5O. The first-order valence-electron chi connectivity index (χ1n) is 12.1. The summed E-state index contributed by atoms with van der Waals surface area (Å²) in [6.45, 7) is 4.21. The molecule has 0 saturated carbocycles. The molecule has 0 aliphatic carbocycles. The Morgan fingerprint density at radius 2 is 1.86 bits per heavy atom. The Balaban J connectivity index is 1.25. The molecule has 4 aromatic rings. The zero-order chi connectivity index (χ0) is 25.1. The summed E-state index contributed by atoms with van der Waals surface area (Å²) in [6.07, 6.45) is 5.61. The topological polar surface area (TPSA) is 62.5 Å². The van der Waals surface area contributed by atoms with E-state index in [1.165, 1.54) is 0 Å². The van der Waals surface area contributed by atoms with Gasteiger partial charge < -0.3 is 10.2 Å². The number of carbonyl (C=O) groups is 1. The second-order valence-electron chi connectivity index (χ2n) is 9.09. The highest BCUT2D eigenvalue weighted by atomic mass is 79.9. The summed E-state index contributed by atoms with van der Waals surface area (Å²) in [5.74, 6) is 1.44. The van der Waals surface area contributed by atoms with Gasteiger partial charge in [0.25, 0.3) is 0 Å². The van der Waals surface area contributed by atoms with Crippen molar-refractivity contribution in [2.24, 2.45) is 5.92 Å². The van der Waals surface area contributed by atoms with Crippen molar-refractivity contribution in [1.29, 1.82) is 0 Å². The van der Waals surface area contributed by atoms with Crippen LogP contribution < -0.4 is 5.32 Å². The van der Waals surface area contributed by atoms with E-state index < -0.39 is 0 Å². The van der Waals surface area contributed by atoms with E-state index in [0.717, 1.165) is 70.8 Å². The highest BCUT2D eigenvalue weighted by Crippen LogP contribution is 2.30. The SMILES string of the molecule is C/C(=C\c1ccccc1)C(=O)N1CCC(CNc2cc(-c3ccccc3Cl)nc3c(Br)cnn23)CC1. The lowest BCUT2D eigenvalue weighted by atomic mass is 9.96. The number of benzene rings is 2. The maximum Gasteiger partial charge on any atom is 0.249 e. The summed E-state index contributed by atoms with van der Waals surface area (Å²) < 4.78 is 2.63. The van der Waals surface area contributed by atoms with Crippen LogP contribution in [0.2, 0.25) is 5.02 Å². The molecule has 8 heteroatoms. The van der Waals surface area contributed by atoms with Crippen molar-refractivity contribution < 1.29 is 4.79 Å². The maximum absolute atomic E-state index is 12.9. The van der Waals surface area contributed by atoms with Crippen molar-refractivity contribution in [3.05, 3.63) is 87.5 Å². The number of hydrogen-bond acceptors (Lipinski definition) is 4. The fourth-order valence-electron chi connectivity index (χ4n) is 4.57. The number of amides is 1. The number of rotatable bonds is 6. The molecule has 2 aromatic heterocycles. The Bertz CT molecular complexity index is 1410. The van der Waals surface area contributed by atoms with Crippen LogP contribution in [0.15, 0.2) is 76.9 Å². The molecule has 1 N–H and O–H groups in total. The first-order valence-corrected chi connectivity index (χ1v) is 13.2. The van der Waals surface area contributed by atoms with Gasteiger partial charge in [-0.05, 0) is 59.3 Å². The average Bonchev–Trinajstić information content (AvgIpc) is 3.28. The highest BCUT2D eigenvalue weighted by molar-refractivity contribution is 9.10. The second kappa shape index (κ2) is 10.8. The van der Waals surface area contributed by atoms with Gasteiger partial charge in [-0.1, -0.05) is 60.1 Å². The molecule has 1 aliphatic heterocycles. The number of fused-ring (bicyclic) bond motifs is 1. The summed E-state index contributed by atoms with van der Waals surface area (Å²) in [4.78, 5) is 19.7. The number of hydrogen-bond donors (Lipinski definition) is 1. The van der Waals surface area contributed by atoms with Gasteiger partial charge in [-0.2, -0.15) is 9.61 Å². The van der Waals surface area contributed by atoms with Gasteiger partial charge in [-0.15, -0.1) is 0 Å². The molecule has 6 nitrogen and oxygen atoms in total. The minimum atomic E-state index is 0.117. The molecule has 36 heavy (non-hydrogen) atoms. The summed E-state index contributed by atoms with van der Waals surface area (Å²) in [5, 5.41) is 8.72. The summed E-state index contributed by atoms with van der Waals surface area (Å²) >= 11 is 10.0. The molecule has 5 rings (SSSR count). The minimum absolute atomic E-state index is 0.117. The van der Waals surface area contributed by atoms with E-state index in [4.69, 9.17) is 16.6 Å². The number of anilines is 1. The molecule has 1 amide bonds. The van der Waals surface area contributed by atoms with Crippen molar-refractivity contribution in [3.8, 4) is 11.3 Å². The molecule has 184 valence electrons. The number of carbonyl (C=O) groups excluding carboxylic acids is 1. The van der Waals surface area contributed by atoms with Gasteiger partial charge in [-0.3, -0.25) is 4.79 Å². The first-order chi connectivity index (χ1) is 17.5. The lowest BCUT2D eigenvalue weighted by molar-refractivity contribution is -0.128. The van der Waals surface area contributed by atoms with E-state index >= 15 is 0 Å². The lowest BCUT2D eigenvalue weighted by Crippen LogP contribution is -2.40. The molecule has 1 aliphatic rings. The minimum Gasteiger partial charge on any atom is -0.370 e. The molecule has 0 atom stereocenters. The van der Waals surface area contributed by atoms with E-state index in [0.29, 0.717) is 10.9 Å². The highest BCUT2D eigenvalue weighted by Gasteiger charge is 2.24. The van der Waals surface area contributed by atoms with Crippen LogP contribution >= 0.6 is 27.5 Å². The third kappa shape index (κ3) is 5.32. The number of piperidine rings is 1. The molecule has 2 aromatic carbocycles. The van der Waals surface area contributed by atoms with E-state index in [1.807, 2.05) is 78.6 Å². The number of halogens is 2. The van der Waals surface area contributed by atoms with Crippen molar-refractivity contribution in [2.75, 3.05) is 25.0 Å². The quantitative estimate of drug-likeness (QED) is 0.269. The van der Waals surface area contributed by atoms with Crippen molar-refractivity contribution in [3.63, 3.8) is 0 Å². The van der Waals surface area contributed by atoms with Crippen molar-refractivity contribution >= 4 is 51.0 Å². The van der Waals surface area contributed by atoms with Crippen LogP contribution in [0.25, 0.3) is 23.0 Å². The first kappa shape index (κ1) is 24.5. The van der Waals surface area contributed by atoms with E-state index in [1.54, 1.807) is 10.7 Å². The van der Waals surface area contributed by atoms with Crippen LogP contribution in [0.4, 0.5) is 5.82 Å². The second-order valence-corrected chi connectivity index (χ2v) is 10.4. The third-order valence-electron chi connectivity index (χ3n) is 6.57. The molecule has 3 heterocycles. The molecule has 0 radical (unpaired) electrons. The molecule has 0 unspecified atom stereocenters. The predicted octanol–water partition coefficient (Wildman–Crippen LogP) is 6.57. The summed E-state index contributed by atoms with van der Waals surface area (Å²) in [7, 11) is 0. The van der Waals surface area contributed by atoms with E-state index in [9.17, 15) is 4.79 Å². The molecule has 1 fully saturated rings. The fraction of sp³-hybridized carbons (Fsp3) is 0.250. The molecule has 0 bridgehead atoms. The van der Waals surface area contributed by atoms with Crippen molar-refractivity contribution in [1.82, 2.24) is 19.5 Å². The zero-order valence-corrected chi connectivity index (χ0v) is 22.3. The van der Waals surface area contributed by atoms with Gasteiger partial charge >= 0.3 is 0 Å². The van der Waals surface area contributed by atoms with Crippen LogP contribution in [-0.4, -0.2) is 45.0 Å². The Kier molecular flexibility index (Phi) is 7.39. The Labute approximate surface area is 224 Å². The van der Waals surface area contributed by atoms with E-state index in [2.05, 4.69) is 26.3 Å². The number of nitrogens with one attached hydrogen (secondary N) is 1. The van der Waals surface area contributed by atoms with Gasteiger partial charge in [0.05, 0.1) is 16.4 Å². The summed E-state index contributed by atoms with van der Waals surface area (Å²) in [5.41, 5.74) is 4.22. The largest absolute Gasteiger partial charge is 0.370 e. The van der Waals surface area contributed by atoms with Crippen LogP contribution in [0.1, 0.15) is 25.3 Å². The summed E-state index contributed by atoms with van der Waals surface area (Å²) in [6, 6.07) is 19.7. The Morgan fingerprint density at radius 1 is 1.14 bits per heavy atom. The van der Waals surface area contributed by atoms with Gasteiger partial charge in [0.15, 0.2) is 5.65 Å². The average molecular weight is 565 g/mol. The van der Waals surface area contributed by atoms with Crippen LogP contribution in [-0.2, 0) is 4.79 Å². The van der Waals surface area contributed by atoms with Crippen LogP contribution in [0, 0.1) is 5.92 Å². The third-order valence-corrected chi connectivity index (χ3v) is 7.46. The standard InChI is InChI=1S/C28H27BrClN5O/c1-19(15-20-7-3-2-4-8-20)28(36)34-13-11-21(12-14-34)17-31-26-16-25(22-9-5-6-10-24(22)30)33-27-23(29)18-32-35(26)27/h2-10,15-16,18,21,31H,11-14,17H2,1H3/b19-15+. The maximum atomic E-state index is 12.9. The Morgan fingerprint density at radius 3 is 2.61 bits per heavy atom. The Hall–Kier alpha value is -3.16. The smallest absolute Gasteiger partial charge is 0.249 e. The van der Waals surface area contributed by atoms with Crippen LogP contribution in [0.3, 0.4) is 0 Å². The van der Waals surface area contributed by atoms with Gasteiger partial charge in [0.2, 0.25) is 5.91 Å². The predicted molar refractivity (Wildman–Crippen MR) is 149 cm³/mol. The fourth-order valence-corrected chi connectivity index (χ4v) is 5.15.